The van der Waals surface area contributed by atoms with E-state index in [2.05, 4.69) is 111 Å². The number of fused-ring (bicyclic) bond motifs is 2. The minimum atomic E-state index is 0.457. The van der Waals surface area contributed by atoms with Crippen LogP contribution in [-0.4, -0.2) is 6.54 Å². The SMILES string of the molecule is C=C(/C=C\C(=C/C)c1ccc2c(c1)C1=C(C=CCC=C1)C2C)CNCc1ccccc1. The first-order chi connectivity index (χ1) is 15.2. The molecular formula is C30H31N. The average molecular weight is 406 g/mol. The van der Waals surface area contributed by atoms with Crippen LogP contribution in [0.4, 0.5) is 0 Å². The Kier molecular flexibility index (Phi) is 6.64. The van der Waals surface area contributed by atoms with Crippen molar-refractivity contribution in [2.24, 2.45) is 0 Å². The lowest BCUT2D eigenvalue weighted by molar-refractivity contribution is 0.748. The van der Waals surface area contributed by atoms with E-state index in [0.717, 1.165) is 25.1 Å². The van der Waals surface area contributed by atoms with Crippen LogP contribution in [0, 0.1) is 0 Å². The van der Waals surface area contributed by atoms with Crippen LogP contribution in [0.2, 0.25) is 0 Å². The molecule has 2 aromatic carbocycles. The molecule has 31 heavy (non-hydrogen) atoms. The smallest absolute Gasteiger partial charge is 0.0208 e. The van der Waals surface area contributed by atoms with Gasteiger partial charge in [0.1, 0.15) is 0 Å². The molecule has 0 spiro atoms. The van der Waals surface area contributed by atoms with Crippen LogP contribution in [-0.2, 0) is 6.54 Å². The van der Waals surface area contributed by atoms with Crippen LogP contribution in [0.1, 0.15) is 48.4 Å². The number of hydrogen-bond donors (Lipinski definition) is 1. The lowest BCUT2D eigenvalue weighted by Crippen LogP contribution is -2.15. The summed E-state index contributed by atoms with van der Waals surface area (Å²) in [7, 11) is 0. The number of benzene rings is 2. The van der Waals surface area contributed by atoms with Gasteiger partial charge in [-0.3, -0.25) is 0 Å². The zero-order valence-electron chi connectivity index (χ0n) is 18.6. The van der Waals surface area contributed by atoms with E-state index in [0.29, 0.717) is 5.92 Å². The maximum atomic E-state index is 4.22. The first kappa shape index (κ1) is 21.1. The second-order valence-corrected chi connectivity index (χ2v) is 8.26. The van der Waals surface area contributed by atoms with Gasteiger partial charge in [0.15, 0.2) is 0 Å². The molecule has 0 amide bonds. The summed E-state index contributed by atoms with van der Waals surface area (Å²) in [6.07, 6.45) is 16.6. The zero-order chi connectivity index (χ0) is 21.6. The Labute approximate surface area is 186 Å². The molecule has 2 aliphatic carbocycles. The fourth-order valence-corrected chi connectivity index (χ4v) is 4.37. The van der Waals surface area contributed by atoms with Crippen LogP contribution < -0.4 is 5.32 Å². The van der Waals surface area contributed by atoms with Gasteiger partial charge in [0.05, 0.1) is 0 Å². The molecule has 1 N–H and O–H groups in total. The summed E-state index contributed by atoms with van der Waals surface area (Å²) in [5, 5.41) is 3.47. The Morgan fingerprint density at radius 1 is 1.06 bits per heavy atom. The predicted molar refractivity (Wildman–Crippen MR) is 135 cm³/mol. The molecule has 0 radical (unpaired) electrons. The minimum absolute atomic E-state index is 0.457. The molecule has 2 aromatic rings. The topological polar surface area (TPSA) is 12.0 Å². The second kappa shape index (κ2) is 9.76. The zero-order valence-corrected chi connectivity index (χ0v) is 18.6. The van der Waals surface area contributed by atoms with Gasteiger partial charge in [-0.25, -0.2) is 0 Å². The highest BCUT2D eigenvalue weighted by molar-refractivity contribution is 5.89. The molecule has 0 aliphatic heterocycles. The van der Waals surface area contributed by atoms with Gasteiger partial charge in [0.25, 0.3) is 0 Å². The molecule has 1 nitrogen and oxygen atoms in total. The quantitative estimate of drug-likeness (QED) is 0.474. The van der Waals surface area contributed by atoms with Crippen molar-refractivity contribution in [3.63, 3.8) is 0 Å². The Hall–Kier alpha value is -3.16. The van der Waals surface area contributed by atoms with E-state index in [1.807, 2.05) is 6.07 Å². The highest BCUT2D eigenvalue weighted by Crippen LogP contribution is 2.44. The third-order valence-corrected chi connectivity index (χ3v) is 6.11. The highest BCUT2D eigenvalue weighted by Gasteiger charge is 2.26. The van der Waals surface area contributed by atoms with E-state index >= 15 is 0 Å². The van der Waals surface area contributed by atoms with Crippen LogP contribution in [0.3, 0.4) is 0 Å². The molecule has 156 valence electrons. The summed E-state index contributed by atoms with van der Waals surface area (Å²) in [6, 6.07) is 17.4. The molecule has 0 aromatic heterocycles. The fraction of sp³-hybridized carbons (Fsp3) is 0.200. The van der Waals surface area contributed by atoms with Crippen LogP contribution in [0.5, 0.6) is 0 Å². The average Bonchev–Trinajstić information content (AvgIpc) is 2.94. The Morgan fingerprint density at radius 3 is 2.68 bits per heavy atom. The van der Waals surface area contributed by atoms with Gasteiger partial charge in [-0.1, -0.05) is 98.5 Å². The molecule has 4 rings (SSSR count). The molecule has 0 saturated carbocycles. The van der Waals surface area contributed by atoms with Crippen molar-refractivity contribution in [3.8, 4) is 0 Å². The molecule has 0 saturated heterocycles. The molecular weight excluding hydrogens is 374 g/mol. The van der Waals surface area contributed by atoms with Gasteiger partial charge in [-0.15, -0.1) is 0 Å². The molecule has 2 aliphatic rings. The fourth-order valence-electron chi connectivity index (χ4n) is 4.37. The molecule has 1 unspecified atom stereocenters. The van der Waals surface area contributed by atoms with Crippen molar-refractivity contribution < 1.29 is 0 Å². The lowest BCUT2D eigenvalue weighted by atomic mass is 9.94. The van der Waals surface area contributed by atoms with Crippen molar-refractivity contribution in [1.29, 1.82) is 0 Å². The highest BCUT2D eigenvalue weighted by atomic mass is 14.8. The van der Waals surface area contributed by atoms with Gasteiger partial charge >= 0.3 is 0 Å². The monoisotopic (exact) mass is 405 g/mol. The van der Waals surface area contributed by atoms with Gasteiger partial charge < -0.3 is 5.32 Å². The maximum Gasteiger partial charge on any atom is 0.0208 e. The molecule has 1 atom stereocenters. The van der Waals surface area contributed by atoms with Crippen LogP contribution in [0.25, 0.3) is 11.1 Å². The first-order valence-corrected chi connectivity index (χ1v) is 11.2. The Bertz CT molecular complexity index is 1110. The van der Waals surface area contributed by atoms with Crippen molar-refractivity contribution in [2.75, 3.05) is 6.54 Å². The van der Waals surface area contributed by atoms with Crippen molar-refractivity contribution in [2.45, 2.75) is 32.7 Å². The summed E-state index contributed by atoms with van der Waals surface area (Å²) in [5.41, 5.74) is 10.5. The Balaban J connectivity index is 1.45. The summed E-state index contributed by atoms with van der Waals surface area (Å²) >= 11 is 0. The summed E-state index contributed by atoms with van der Waals surface area (Å²) in [4.78, 5) is 0. The van der Waals surface area contributed by atoms with Gasteiger partial charge in [0, 0.05) is 19.0 Å². The molecule has 1 heteroatoms. The van der Waals surface area contributed by atoms with E-state index < -0.39 is 0 Å². The van der Waals surface area contributed by atoms with E-state index in [1.165, 1.54) is 39.0 Å². The lowest BCUT2D eigenvalue weighted by Gasteiger charge is -2.11. The predicted octanol–water partition coefficient (Wildman–Crippen LogP) is 7.38. The van der Waals surface area contributed by atoms with Gasteiger partial charge in [-0.05, 0) is 64.0 Å². The van der Waals surface area contributed by atoms with Crippen molar-refractivity contribution in [1.82, 2.24) is 5.32 Å². The van der Waals surface area contributed by atoms with Crippen LogP contribution in [0.15, 0.2) is 109 Å². The molecule has 0 fully saturated rings. The Morgan fingerprint density at radius 2 is 1.87 bits per heavy atom. The van der Waals surface area contributed by atoms with Crippen molar-refractivity contribution >= 4 is 11.1 Å². The molecule has 0 bridgehead atoms. The van der Waals surface area contributed by atoms with E-state index in [1.54, 1.807) is 0 Å². The molecule has 0 heterocycles. The number of rotatable bonds is 7. The summed E-state index contributed by atoms with van der Waals surface area (Å²) < 4.78 is 0. The second-order valence-electron chi connectivity index (χ2n) is 8.26. The number of nitrogens with one attached hydrogen (secondary N) is 1. The van der Waals surface area contributed by atoms with E-state index in [-0.39, 0.29) is 0 Å². The third-order valence-electron chi connectivity index (χ3n) is 6.11. The largest absolute Gasteiger partial charge is 0.309 e. The van der Waals surface area contributed by atoms with Crippen molar-refractivity contribution in [3.05, 3.63) is 131 Å². The summed E-state index contributed by atoms with van der Waals surface area (Å²) in [5.74, 6) is 0.457. The standard InChI is InChI=1S/C30H31N/c1-4-25(16-15-22(2)20-31-21-24-11-7-5-8-12-24)26-17-18-28-23(3)27-13-9-6-10-14-29(27)30(28)19-26/h4-5,7-19,23,31H,2,6,20-21H2,1,3H3/b16-15-,25-4+. The maximum absolute atomic E-state index is 4.22. The number of hydrogen-bond acceptors (Lipinski definition) is 1. The van der Waals surface area contributed by atoms with Gasteiger partial charge in [-0.2, -0.15) is 0 Å². The van der Waals surface area contributed by atoms with Crippen LogP contribution >= 0.6 is 0 Å². The first-order valence-electron chi connectivity index (χ1n) is 11.2. The van der Waals surface area contributed by atoms with E-state index in [9.17, 15) is 0 Å². The summed E-state index contributed by atoms with van der Waals surface area (Å²) in [6.45, 7) is 10.3. The van der Waals surface area contributed by atoms with Gasteiger partial charge in [0.2, 0.25) is 0 Å². The number of allylic oxidation sites excluding steroid dienone is 9. The van der Waals surface area contributed by atoms with E-state index in [4.69, 9.17) is 0 Å². The third kappa shape index (κ3) is 4.78. The minimum Gasteiger partial charge on any atom is -0.309 e. The normalized spacial score (nSPS) is 17.7.